The highest BCUT2D eigenvalue weighted by Crippen LogP contribution is 2.19. The lowest BCUT2D eigenvalue weighted by molar-refractivity contribution is 0.0963. The number of benzene rings is 2. The van der Waals surface area contributed by atoms with E-state index in [0.717, 1.165) is 35.7 Å². The molecule has 0 aliphatic heterocycles. The van der Waals surface area contributed by atoms with Gasteiger partial charge in [0.05, 0.1) is 5.69 Å². The van der Waals surface area contributed by atoms with E-state index in [0.29, 0.717) is 31.0 Å². The van der Waals surface area contributed by atoms with Crippen LogP contribution < -0.4 is 16.0 Å². The Kier molecular flexibility index (Phi) is 10.8. The number of aromatic nitrogens is 1. The SMILES string of the molecule is CCNC(=NCCc1coc(-c2ccc(F)cc2)n1)NCCc1cccc(C(=O)NC)c1.I. The van der Waals surface area contributed by atoms with Gasteiger partial charge in [-0.15, -0.1) is 24.0 Å². The molecule has 0 saturated heterocycles. The molecule has 7 nitrogen and oxygen atoms in total. The number of halogens is 2. The maximum Gasteiger partial charge on any atom is 0.251 e. The Balaban J connectivity index is 0.00000385. The van der Waals surface area contributed by atoms with E-state index in [1.54, 1.807) is 31.5 Å². The Bertz CT molecular complexity index is 1050. The van der Waals surface area contributed by atoms with Crippen LogP contribution in [-0.4, -0.2) is 43.5 Å². The van der Waals surface area contributed by atoms with Gasteiger partial charge in [0.1, 0.15) is 12.1 Å². The molecule has 33 heavy (non-hydrogen) atoms. The number of nitrogens with zero attached hydrogens (tertiary/aromatic N) is 2. The van der Waals surface area contributed by atoms with Crippen LogP contribution in [0, 0.1) is 5.82 Å². The maximum absolute atomic E-state index is 13.1. The summed E-state index contributed by atoms with van der Waals surface area (Å²) >= 11 is 0. The standard InChI is InChI=1S/C24H28FN5O2.HI/c1-3-27-24(28-13-11-17-5-4-6-19(15-17)22(31)26-2)29-14-12-21-16-32-23(30-21)18-7-9-20(25)10-8-18;/h4-10,15-16H,3,11-14H2,1-2H3,(H,26,31)(H2,27,28,29);1H. The molecular weight excluding hydrogens is 536 g/mol. The number of carbonyl (C=O) groups excluding carboxylic acids is 1. The molecule has 3 N–H and O–H groups in total. The van der Waals surface area contributed by atoms with Gasteiger partial charge < -0.3 is 20.4 Å². The third-order valence-electron chi connectivity index (χ3n) is 4.75. The smallest absolute Gasteiger partial charge is 0.251 e. The molecular formula is C24H29FIN5O2. The van der Waals surface area contributed by atoms with Crippen LogP contribution in [0.1, 0.15) is 28.5 Å². The number of carbonyl (C=O) groups is 1. The topological polar surface area (TPSA) is 91.6 Å². The third kappa shape index (κ3) is 8.16. The quantitative estimate of drug-likeness (QED) is 0.209. The summed E-state index contributed by atoms with van der Waals surface area (Å²) in [6.07, 6.45) is 2.99. The van der Waals surface area contributed by atoms with Crippen LogP contribution in [0.25, 0.3) is 11.5 Å². The second kappa shape index (κ2) is 13.6. The van der Waals surface area contributed by atoms with Gasteiger partial charge in [-0.3, -0.25) is 9.79 Å². The van der Waals surface area contributed by atoms with E-state index in [1.807, 2.05) is 25.1 Å². The Morgan fingerprint density at radius 2 is 1.91 bits per heavy atom. The van der Waals surface area contributed by atoms with Crippen LogP contribution in [0.5, 0.6) is 0 Å². The average molecular weight is 565 g/mol. The second-order valence-corrected chi connectivity index (χ2v) is 7.12. The van der Waals surface area contributed by atoms with E-state index >= 15 is 0 Å². The first-order valence-corrected chi connectivity index (χ1v) is 10.6. The predicted octanol–water partition coefficient (Wildman–Crippen LogP) is 3.80. The molecule has 1 aromatic heterocycles. The molecule has 0 saturated carbocycles. The van der Waals surface area contributed by atoms with Crippen molar-refractivity contribution in [2.75, 3.05) is 26.7 Å². The van der Waals surface area contributed by atoms with Crippen LogP contribution in [0.3, 0.4) is 0 Å². The summed E-state index contributed by atoms with van der Waals surface area (Å²) in [5.41, 5.74) is 3.25. The lowest BCUT2D eigenvalue weighted by Crippen LogP contribution is -2.38. The molecule has 9 heteroatoms. The third-order valence-corrected chi connectivity index (χ3v) is 4.75. The monoisotopic (exact) mass is 565 g/mol. The molecule has 3 rings (SSSR count). The van der Waals surface area contributed by atoms with Crippen molar-refractivity contribution in [2.45, 2.75) is 19.8 Å². The highest BCUT2D eigenvalue weighted by molar-refractivity contribution is 14.0. The molecule has 0 bridgehead atoms. The summed E-state index contributed by atoms with van der Waals surface area (Å²) in [7, 11) is 1.62. The van der Waals surface area contributed by atoms with Crippen molar-refractivity contribution in [3.05, 3.63) is 77.4 Å². The predicted molar refractivity (Wildman–Crippen MR) is 139 cm³/mol. The van der Waals surface area contributed by atoms with Crippen LogP contribution in [0.2, 0.25) is 0 Å². The van der Waals surface area contributed by atoms with Crippen molar-refractivity contribution >= 4 is 35.8 Å². The van der Waals surface area contributed by atoms with Crippen molar-refractivity contribution in [1.29, 1.82) is 0 Å². The molecule has 0 unspecified atom stereocenters. The van der Waals surface area contributed by atoms with Crippen molar-refractivity contribution in [2.24, 2.45) is 4.99 Å². The number of oxazole rings is 1. The Morgan fingerprint density at radius 3 is 2.64 bits per heavy atom. The minimum atomic E-state index is -0.294. The zero-order chi connectivity index (χ0) is 22.8. The summed E-state index contributed by atoms with van der Waals surface area (Å²) in [4.78, 5) is 20.8. The van der Waals surface area contributed by atoms with Crippen molar-refractivity contribution < 1.29 is 13.6 Å². The van der Waals surface area contributed by atoms with E-state index < -0.39 is 0 Å². The summed E-state index contributed by atoms with van der Waals surface area (Å²) in [6.45, 7) is 3.98. The van der Waals surface area contributed by atoms with Gasteiger partial charge in [0, 0.05) is 44.2 Å². The molecule has 0 atom stereocenters. The molecule has 0 aliphatic carbocycles. The molecule has 0 radical (unpaired) electrons. The fraction of sp³-hybridized carbons (Fsp3) is 0.292. The van der Waals surface area contributed by atoms with E-state index in [2.05, 4.69) is 25.9 Å². The van der Waals surface area contributed by atoms with E-state index in [-0.39, 0.29) is 35.7 Å². The van der Waals surface area contributed by atoms with Gasteiger partial charge in [0.25, 0.3) is 5.91 Å². The molecule has 3 aromatic rings. The highest BCUT2D eigenvalue weighted by atomic mass is 127. The van der Waals surface area contributed by atoms with Crippen LogP contribution >= 0.6 is 24.0 Å². The van der Waals surface area contributed by atoms with Gasteiger partial charge in [-0.2, -0.15) is 0 Å². The summed E-state index contributed by atoms with van der Waals surface area (Å²) in [6, 6.07) is 13.6. The number of aliphatic imine (C=N–C) groups is 1. The van der Waals surface area contributed by atoms with Gasteiger partial charge in [-0.05, 0) is 55.3 Å². The Morgan fingerprint density at radius 1 is 1.12 bits per heavy atom. The first kappa shape index (κ1) is 26.3. The molecule has 0 spiro atoms. The molecule has 2 aromatic carbocycles. The summed E-state index contributed by atoms with van der Waals surface area (Å²) in [5, 5.41) is 9.18. The fourth-order valence-corrected chi connectivity index (χ4v) is 3.11. The lowest BCUT2D eigenvalue weighted by Gasteiger charge is -2.11. The maximum atomic E-state index is 13.1. The highest BCUT2D eigenvalue weighted by Gasteiger charge is 2.07. The largest absolute Gasteiger partial charge is 0.444 e. The van der Waals surface area contributed by atoms with E-state index in [9.17, 15) is 9.18 Å². The van der Waals surface area contributed by atoms with Gasteiger partial charge in [0.15, 0.2) is 5.96 Å². The summed E-state index contributed by atoms with van der Waals surface area (Å²) < 4.78 is 18.6. The number of hydrogen-bond donors (Lipinski definition) is 3. The van der Waals surface area contributed by atoms with Crippen LogP contribution in [-0.2, 0) is 12.8 Å². The number of nitrogens with one attached hydrogen (secondary N) is 3. The van der Waals surface area contributed by atoms with Crippen molar-refractivity contribution in [3.63, 3.8) is 0 Å². The molecule has 0 fully saturated rings. The minimum absolute atomic E-state index is 0. The van der Waals surface area contributed by atoms with Gasteiger partial charge in [-0.25, -0.2) is 9.37 Å². The molecule has 176 valence electrons. The molecule has 1 heterocycles. The minimum Gasteiger partial charge on any atom is -0.444 e. The van der Waals surface area contributed by atoms with Crippen molar-refractivity contribution in [3.8, 4) is 11.5 Å². The Labute approximate surface area is 210 Å². The Hall–Kier alpha value is -2.95. The van der Waals surface area contributed by atoms with Gasteiger partial charge in [0.2, 0.25) is 5.89 Å². The zero-order valence-corrected chi connectivity index (χ0v) is 21.1. The van der Waals surface area contributed by atoms with Crippen LogP contribution in [0.15, 0.2) is 64.2 Å². The summed E-state index contributed by atoms with van der Waals surface area (Å²) in [5.74, 6) is 0.799. The van der Waals surface area contributed by atoms with E-state index in [4.69, 9.17) is 4.42 Å². The molecule has 0 aliphatic rings. The van der Waals surface area contributed by atoms with Crippen molar-refractivity contribution in [1.82, 2.24) is 20.9 Å². The normalized spacial score (nSPS) is 10.9. The number of hydrogen-bond acceptors (Lipinski definition) is 4. The first-order valence-electron chi connectivity index (χ1n) is 10.6. The second-order valence-electron chi connectivity index (χ2n) is 7.12. The fourth-order valence-electron chi connectivity index (χ4n) is 3.11. The number of amides is 1. The lowest BCUT2D eigenvalue weighted by atomic mass is 10.1. The van der Waals surface area contributed by atoms with Gasteiger partial charge in [-0.1, -0.05) is 12.1 Å². The molecule has 1 amide bonds. The average Bonchev–Trinajstić information content (AvgIpc) is 3.28. The van der Waals surface area contributed by atoms with Gasteiger partial charge >= 0.3 is 0 Å². The zero-order valence-electron chi connectivity index (χ0n) is 18.7. The number of guanidine groups is 1. The number of rotatable bonds is 9. The van der Waals surface area contributed by atoms with E-state index in [1.165, 1.54) is 12.1 Å². The van der Waals surface area contributed by atoms with Crippen LogP contribution in [0.4, 0.5) is 4.39 Å². The first-order chi connectivity index (χ1) is 15.6.